The quantitative estimate of drug-likeness (QED) is 0.791. The fourth-order valence-electron chi connectivity index (χ4n) is 2.49. The second-order valence-corrected chi connectivity index (χ2v) is 9.05. The third-order valence-electron chi connectivity index (χ3n) is 3.57. The van der Waals surface area contributed by atoms with E-state index in [0.717, 1.165) is 17.5 Å². The highest BCUT2D eigenvalue weighted by atomic mass is 35.5. The van der Waals surface area contributed by atoms with E-state index in [1.54, 1.807) is 21.7 Å². The van der Waals surface area contributed by atoms with Crippen LogP contribution in [0.2, 0.25) is 0 Å². The molecule has 0 N–H and O–H groups in total. The number of rotatable bonds is 3. The van der Waals surface area contributed by atoms with E-state index in [4.69, 9.17) is 11.6 Å². The van der Waals surface area contributed by atoms with Gasteiger partial charge < -0.3 is 0 Å². The number of thiophene rings is 2. The minimum atomic E-state index is -3.42. The Labute approximate surface area is 131 Å². The second kappa shape index (κ2) is 5.42. The first kappa shape index (κ1) is 14.5. The molecule has 3 rings (SSSR count). The van der Waals surface area contributed by atoms with Crippen LogP contribution in [0.1, 0.15) is 29.0 Å². The van der Waals surface area contributed by atoms with Crippen LogP contribution in [-0.4, -0.2) is 19.3 Å². The summed E-state index contributed by atoms with van der Waals surface area (Å²) in [7, 11) is -3.42. The molecule has 1 atom stereocenters. The summed E-state index contributed by atoms with van der Waals surface area (Å²) in [6.07, 6.45) is 0.796. The van der Waals surface area contributed by atoms with Gasteiger partial charge in [0.2, 0.25) is 0 Å². The molecular formula is C13H14ClNO2S3. The summed E-state index contributed by atoms with van der Waals surface area (Å²) in [5, 5.41) is 3.85. The van der Waals surface area contributed by atoms with Gasteiger partial charge in [-0.25, -0.2) is 8.42 Å². The van der Waals surface area contributed by atoms with Crippen LogP contribution in [0.15, 0.2) is 27.1 Å². The molecule has 0 aliphatic carbocycles. The molecule has 0 saturated carbocycles. The van der Waals surface area contributed by atoms with E-state index in [-0.39, 0.29) is 6.04 Å². The molecule has 2 aromatic heterocycles. The summed E-state index contributed by atoms with van der Waals surface area (Å²) < 4.78 is 27.5. The zero-order valence-electron chi connectivity index (χ0n) is 10.9. The molecule has 0 aromatic carbocycles. The van der Waals surface area contributed by atoms with Crippen LogP contribution < -0.4 is 0 Å². The van der Waals surface area contributed by atoms with E-state index in [1.165, 1.54) is 16.2 Å². The molecule has 1 aliphatic rings. The molecule has 0 radical (unpaired) electrons. The van der Waals surface area contributed by atoms with Crippen LogP contribution in [0.25, 0.3) is 0 Å². The first-order valence-corrected chi connectivity index (χ1v) is 9.99. The van der Waals surface area contributed by atoms with Crippen LogP contribution in [0.4, 0.5) is 0 Å². The van der Waals surface area contributed by atoms with Crippen molar-refractivity contribution in [2.75, 3.05) is 6.54 Å². The van der Waals surface area contributed by atoms with Gasteiger partial charge in [0.15, 0.2) is 0 Å². The van der Waals surface area contributed by atoms with Crippen LogP contribution in [0.3, 0.4) is 0 Å². The normalized spacial score (nSPS) is 20.0. The summed E-state index contributed by atoms with van der Waals surface area (Å²) in [6.45, 7) is 2.50. The molecule has 1 aliphatic heterocycles. The Kier molecular flexibility index (Phi) is 3.94. The van der Waals surface area contributed by atoms with Crippen molar-refractivity contribution < 1.29 is 8.42 Å². The highest BCUT2D eigenvalue weighted by molar-refractivity contribution is 7.91. The Balaban J connectivity index is 1.96. The zero-order chi connectivity index (χ0) is 14.3. The lowest BCUT2D eigenvalue weighted by molar-refractivity contribution is 0.330. The summed E-state index contributed by atoms with van der Waals surface area (Å²) in [6, 6.07) is 3.62. The zero-order valence-corrected chi connectivity index (χ0v) is 14.1. The Bertz CT molecular complexity index is 720. The monoisotopic (exact) mass is 347 g/mol. The van der Waals surface area contributed by atoms with Gasteiger partial charge in [-0.1, -0.05) is 0 Å². The summed E-state index contributed by atoms with van der Waals surface area (Å²) in [4.78, 5) is 1.30. The van der Waals surface area contributed by atoms with Crippen molar-refractivity contribution in [3.8, 4) is 0 Å². The first-order valence-electron chi connectivity index (χ1n) is 6.25. The molecule has 20 heavy (non-hydrogen) atoms. The molecule has 3 nitrogen and oxygen atoms in total. The van der Waals surface area contributed by atoms with Gasteiger partial charge in [-0.05, 0) is 47.4 Å². The van der Waals surface area contributed by atoms with Crippen LogP contribution >= 0.6 is 34.3 Å². The van der Waals surface area contributed by atoms with Crippen molar-refractivity contribution in [2.24, 2.45) is 0 Å². The van der Waals surface area contributed by atoms with Crippen LogP contribution in [0, 0.1) is 0 Å². The van der Waals surface area contributed by atoms with Crippen molar-refractivity contribution in [3.05, 3.63) is 38.9 Å². The number of halogens is 1. The average molecular weight is 348 g/mol. The van der Waals surface area contributed by atoms with Crippen molar-refractivity contribution in [1.82, 2.24) is 4.31 Å². The summed E-state index contributed by atoms with van der Waals surface area (Å²) in [5.41, 5.74) is 2.00. The van der Waals surface area contributed by atoms with E-state index >= 15 is 0 Å². The molecule has 3 heterocycles. The van der Waals surface area contributed by atoms with Gasteiger partial charge in [0.1, 0.15) is 4.21 Å². The lowest BCUT2D eigenvalue weighted by atomic mass is 10.0. The Morgan fingerprint density at radius 2 is 2.25 bits per heavy atom. The van der Waals surface area contributed by atoms with Gasteiger partial charge in [0.05, 0.1) is 0 Å². The van der Waals surface area contributed by atoms with Crippen molar-refractivity contribution in [3.63, 3.8) is 0 Å². The largest absolute Gasteiger partial charge is 0.253 e. The first-order chi connectivity index (χ1) is 9.54. The molecule has 7 heteroatoms. The molecular weight excluding hydrogens is 334 g/mol. The third kappa shape index (κ3) is 2.33. The Morgan fingerprint density at radius 1 is 1.45 bits per heavy atom. The third-order valence-corrected chi connectivity index (χ3v) is 8.31. The van der Waals surface area contributed by atoms with Crippen molar-refractivity contribution in [2.45, 2.75) is 29.5 Å². The minimum Gasteiger partial charge on any atom is -0.206 e. The maximum Gasteiger partial charge on any atom is 0.253 e. The van der Waals surface area contributed by atoms with E-state index in [0.29, 0.717) is 16.6 Å². The van der Waals surface area contributed by atoms with E-state index in [2.05, 4.69) is 0 Å². The molecule has 2 aromatic rings. The van der Waals surface area contributed by atoms with E-state index in [9.17, 15) is 8.42 Å². The number of hydrogen-bond acceptors (Lipinski definition) is 4. The number of hydrogen-bond donors (Lipinski definition) is 0. The maximum absolute atomic E-state index is 12.8. The van der Waals surface area contributed by atoms with Gasteiger partial charge >= 0.3 is 0 Å². The van der Waals surface area contributed by atoms with Crippen LogP contribution in [-0.2, 0) is 22.3 Å². The summed E-state index contributed by atoms with van der Waals surface area (Å²) in [5.74, 6) is 0.344. The molecule has 0 saturated heterocycles. The molecule has 0 amide bonds. The topological polar surface area (TPSA) is 37.4 Å². The van der Waals surface area contributed by atoms with Gasteiger partial charge in [-0.3, -0.25) is 0 Å². The lowest BCUT2D eigenvalue weighted by Crippen LogP contribution is -2.37. The average Bonchev–Trinajstić information content (AvgIpc) is 3.08. The maximum atomic E-state index is 12.8. The second-order valence-electron chi connectivity index (χ2n) is 4.75. The van der Waals surface area contributed by atoms with Gasteiger partial charge in [0.25, 0.3) is 10.0 Å². The molecule has 0 fully saturated rings. The van der Waals surface area contributed by atoms with Crippen LogP contribution in [0.5, 0.6) is 0 Å². The van der Waals surface area contributed by atoms with Gasteiger partial charge in [-0.2, -0.15) is 4.31 Å². The number of sulfonamides is 1. The fourth-order valence-corrected chi connectivity index (χ4v) is 6.65. The number of alkyl halides is 1. The number of fused-ring (bicyclic) bond motifs is 1. The molecule has 1 unspecified atom stereocenters. The predicted molar refractivity (Wildman–Crippen MR) is 84.2 cm³/mol. The lowest BCUT2D eigenvalue weighted by Gasteiger charge is -2.32. The fraction of sp³-hybridized carbons (Fsp3) is 0.385. The van der Waals surface area contributed by atoms with Crippen molar-refractivity contribution >= 4 is 44.3 Å². The summed E-state index contributed by atoms with van der Waals surface area (Å²) >= 11 is 8.71. The molecule has 108 valence electrons. The minimum absolute atomic E-state index is 0.100. The van der Waals surface area contributed by atoms with E-state index < -0.39 is 10.0 Å². The smallest absolute Gasteiger partial charge is 0.206 e. The molecule has 0 bridgehead atoms. The highest BCUT2D eigenvalue weighted by Gasteiger charge is 2.35. The van der Waals surface area contributed by atoms with Crippen molar-refractivity contribution in [1.29, 1.82) is 0 Å². The van der Waals surface area contributed by atoms with E-state index in [1.807, 2.05) is 23.8 Å². The Morgan fingerprint density at radius 3 is 2.95 bits per heavy atom. The SMILES string of the molecule is CC1c2ccsc2CCN1S(=O)(=O)c1cc(CCl)cs1. The Hall–Kier alpha value is -0.400. The highest BCUT2D eigenvalue weighted by Crippen LogP contribution is 2.37. The van der Waals surface area contributed by atoms with Gasteiger partial charge in [-0.15, -0.1) is 34.3 Å². The number of nitrogens with zero attached hydrogens (tertiary/aromatic N) is 1. The molecule has 0 spiro atoms. The van der Waals surface area contributed by atoms with Gasteiger partial charge in [0, 0.05) is 23.3 Å². The predicted octanol–water partition coefficient (Wildman–Crippen LogP) is 3.86. The standard InChI is InChI=1S/C13H14ClNO2S3/c1-9-11-3-5-18-12(11)2-4-15(9)20(16,17)13-6-10(7-14)8-19-13/h3,5-6,8-9H,2,4,7H2,1H3.